The molecule has 3 aliphatic rings. The Labute approximate surface area is 171 Å². The molecular formula is C21H27N7O. The van der Waals surface area contributed by atoms with Crippen LogP contribution in [0, 0.1) is 5.92 Å². The number of nitrogens with zero attached hydrogens (tertiary/aromatic N) is 6. The lowest BCUT2D eigenvalue weighted by Crippen LogP contribution is -2.56. The fraction of sp³-hybridized carbons (Fsp3) is 0.524. The number of amides is 2. The Morgan fingerprint density at radius 1 is 1.07 bits per heavy atom. The van der Waals surface area contributed by atoms with Crippen LogP contribution in [0.4, 0.5) is 28.1 Å². The Kier molecular flexibility index (Phi) is 4.69. The molecule has 2 atom stereocenters. The maximum atomic E-state index is 13.2. The first-order valence-electron chi connectivity index (χ1n) is 10.6. The van der Waals surface area contributed by atoms with Gasteiger partial charge in [-0.2, -0.15) is 0 Å². The summed E-state index contributed by atoms with van der Waals surface area (Å²) in [6.45, 7) is 6.19. The number of fused-ring (bicyclic) bond motifs is 4. The van der Waals surface area contributed by atoms with Gasteiger partial charge in [-0.15, -0.1) is 0 Å². The van der Waals surface area contributed by atoms with Crippen molar-refractivity contribution in [2.24, 2.45) is 5.92 Å². The lowest BCUT2D eigenvalue weighted by Gasteiger charge is -2.46. The molecule has 152 valence electrons. The van der Waals surface area contributed by atoms with Crippen LogP contribution in [0.5, 0.6) is 0 Å². The molecule has 2 aromatic rings. The number of carbonyl (C=O) groups is 1. The number of hydrogen-bond donors (Lipinski definition) is 1. The van der Waals surface area contributed by atoms with Crippen LogP contribution in [0.25, 0.3) is 0 Å². The van der Waals surface area contributed by atoms with E-state index in [-0.39, 0.29) is 12.1 Å². The summed E-state index contributed by atoms with van der Waals surface area (Å²) in [5.74, 6) is 2.70. The third kappa shape index (κ3) is 3.47. The number of carbonyl (C=O) groups excluding carboxylic acids is 1. The van der Waals surface area contributed by atoms with Crippen LogP contribution in [-0.4, -0.2) is 53.2 Å². The van der Waals surface area contributed by atoms with Crippen molar-refractivity contribution in [3.63, 3.8) is 0 Å². The average Bonchev–Trinajstić information content (AvgIpc) is 2.74. The molecule has 3 aliphatic heterocycles. The predicted molar refractivity (Wildman–Crippen MR) is 114 cm³/mol. The predicted octanol–water partition coefficient (Wildman–Crippen LogP) is 3.13. The van der Waals surface area contributed by atoms with Gasteiger partial charge in [0.05, 0.1) is 11.7 Å². The third-order valence-electron chi connectivity index (χ3n) is 6.15. The molecule has 0 aliphatic carbocycles. The van der Waals surface area contributed by atoms with Crippen molar-refractivity contribution in [3.8, 4) is 0 Å². The van der Waals surface area contributed by atoms with Crippen molar-refractivity contribution in [1.29, 1.82) is 0 Å². The van der Waals surface area contributed by atoms with Gasteiger partial charge in [-0.3, -0.25) is 10.2 Å². The first kappa shape index (κ1) is 18.1. The van der Waals surface area contributed by atoms with Crippen molar-refractivity contribution in [2.75, 3.05) is 46.2 Å². The summed E-state index contributed by atoms with van der Waals surface area (Å²) in [4.78, 5) is 33.1. The normalized spacial score (nSPS) is 23.6. The van der Waals surface area contributed by atoms with Crippen LogP contribution < -0.4 is 20.0 Å². The summed E-state index contributed by atoms with van der Waals surface area (Å²) >= 11 is 0. The second-order valence-electron chi connectivity index (χ2n) is 8.32. The SMILES string of the molecule is CC1CCCN(c2ccc3c(n2)N(C(=O)Nc2ncccn2)[C@H]2CCCN3C2)C1. The number of aromatic nitrogens is 3. The molecule has 0 spiro atoms. The number of piperidine rings is 2. The molecule has 2 amide bonds. The molecule has 0 radical (unpaired) electrons. The first-order valence-corrected chi connectivity index (χ1v) is 10.6. The van der Waals surface area contributed by atoms with Gasteiger partial charge in [0.15, 0.2) is 5.82 Å². The van der Waals surface area contributed by atoms with E-state index in [4.69, 9.17) is 4.98 Å². The zero-order valence-electron chi connectivity index (χ0n) is 16.8. The maximum absolute atomic E-state index is 13.2. The fourth-order valence-electron chi connectivity index (χ4n) is 4.77. The van der Waals surface area contributed by atoms with Crippen molar-refractivity contribution in [2.45, 2.75) is 38.6 Å². The monoisotopic (exact) mass is 393 g/mol. The highest BCUT2D eigenvalue weighted by molar-refractivity contribution is 6.03. The van der Waals surface area contributed by atoms with Gasteiger partial charge in [0.25, 0.3) is 0 Å². The van der Waals surface area contributed by atoms with E-state index >= 15 is 0 Å². The average molecular weight is 393 g/mol. The summed E-state index contributed by atoms with van der Waals surface area (Å²) < 4.78 is 0. The van der Waals surface area contributed by atoms with Gasteiger partial charge < -0.3 is 9.80 Å². The van der Waals surface area contributed by atoms with Crippen molar-refractivity contribution in [3.05, 3.63) is 30.6 Å². The van der Waals surface area contributed by atoms with Gasteiger partial charge in [0, 0.05) is 38.6 Å². The number of anilines is 4. The van der Waals surface area contributed by atoms with Crippen LogP contribution in [0.3, 0.4) is 0 Å². The van der Waals surface area contributed by atoms with E-state index in [1.165, 1.54) is 12.8 Å². The fourth-order valence-corrected chi connectivity index (χ4v) is 4.77. The van der Waals surface area contributed by atoms with Crippen LogP contribution >= 0.6 is 0 Å². The molecule has 8 heteroatoms. The lowest BCUT2D eigenvalue weighted by atomic mass is 9.99. The molecule has 5 rings (SSSR count). The second kappa shape index (κ2) is 7.50. The molecule has 8 nitrogen and oxygen atoms in total. The Balaban J connectivity index is 1.49. The van der Waals surface area contributed by atoms with Gasteiger partial charge >= 0.3 is 6.03 Å². The Morgan fingerprint density at radius 2 is 1.86 bits per heavy atom. The number of urea groups is 1. The molecule has 29 heavy (non-hydrogen) atoms. The highest BCUT2D eigenvalue weighted by Crippen LogP contribution is 2.39. The van der Waals surface area contributed by atoms with Gasteiger partial charge in [-0.25, -0.2) is 19.7 Å². The Bertz CT molecular complexity index is 890. The first-order chi connectivity index (χ1) is 14.2. The van der Waals surface area contributed by atoms with Gasteiger partial charge in [0.2, 0.25) is 5.95 Å². The molecule has 2 aromatic heterocycles. The highest BCUT2D eigenvalue weighted by Gasteiger charge is 2.38. The third-order valence-corrected chi connectivity index (χ3v) is 6.15. The smallest absolute Gasteiger partial charge is 0.330 e. The molecule has 2 fully saturated rings. The van der Waals surface area contributed by atoms with E-state index < -0.39 is 0 Å². The van der Waals surface area contributed by atoms with Gasteiger partial charge in [-0.1, -0.05) is 6.92 Å². The van der Waals surface area contributed by atoms with E-state index in [0.717, 1.165) is 56.3 Å². The summed E-state index contributed by atoms with van der Waals surface area (Å²) in [6, 6.07) is 5.89. The summed E-state index contributed by atoms with van der Waals surface area (Å²) in [5, 5.41) is 2.85. The number of rotatable bonds is 2. The van der Waals surface area contributed by atoms with Gasteiger partial charge in [-0.05, 0) is 49.8 Å². The lowest BCUT2D eigenvalue weighted by molar-refractivity contribution is 0.252. The van der Waals surface area contributed by atoms with Crippen LogP contribution in [0.15, 0.2) is 30.6 Å². The van der Waals surface area contributed by atoms with E-state index in [1.807, 2.05) is 4.90 Å². The molecular weight excluding hydrogens is 366 g/mol. The quantitative estimate of drug-likeness (QED) is 0.845. The standard InChI is InChI=1S/C21H27N7O/c1-15-5-2-12-27(13-15)18-8-7-17-19(24-18)28(16-6-3-11-26(17)14-16)21(29)25-20-22-9-4-10-23-20/h4,7-10,15-16H,2-3,5-6,11-14H2,1H3,(H,22,23,25,29)/t15?,16-/m0/s1. The molecule has 5 heterocycles. The molecule has 2 saturated heterocycles. The van der Waals surface area contributed by atoms with Crippen LogP contribution in [0.2, 0.25) is 0 Å². The van der Waals surface area contributed by atoms with Crippen molar-refractivity contribution in [1.82, 2.24) is 15.0 Å². The summed E-state index contributed by atoms with van der Waals surface area (Å²) in [5.41, 5.74) is 1.04. The van der Waals surface area contributed by atoms with Crippen molar-refractivity contribution >= 4 is 29.3 Å². The minimum Gasteiger partial charge on any atom is -0.366 e. The highest BCUT2D eigenvalue weighted by atomic mass is 16.2. The molecule has 0 aromatic carbocycles. The number of nitrogens with one attached hydrogen (secondary N) is 1. The van der Waals surface area contributed by atoms with E-state index in [0.29, 0.717) is 11.9 Å². The van der Waals surface area contributed by atoms with Gasteiger partial charge in [0.1, 0.15) is 5.82 Å². The molecule has 2 bridgehead atoms. The second-order valence-corrected chi connectivity index (χ2v) is 8.32. The zero-order chi connectivity index (χ0) is 19.8. The van der Waals surface area contributed by atoms with E-state index in [1.54, 1.807) is 18.5 Å². The summed E-state index contributed by atoms with van der Waals surface area (Å²) in [7, 11) is 0. The Morgan fingerprint density at radius 3 is 2.69 bits per heavy atom. The minimum atomic E-state index is -0.208. The zero-order valence-corrected chi connectivity index (χ0v) is 16.8. The van der Waals surface area contributed by atoms with Crippen molar-refractivity contribution < 1.29 is 4.79 Å². The molecule has 1 unspecified atom stereocenters. The summed E-state index contributed by atoms with van der Waals surface area (Å²) in [6.07, 6.45) is 7.76. The largest absolute Gasteiger partial charge is 0.366 e. The van der Waals surface area contributed by atoms with E-state index in [9.17, 15) is 4.79 Å². The van der Waals surface area contributed by atoms with Crippen LogP contribution in [-0.2, 0) is 0 Å². The number of hydrogen-bond acceptors (Lipinski definition) is 6. The Hall–Kier alpha value is -2.90. The molecule has 0 saturated carbocycles. The molecule has 1 N–H and O–H groups in total. The minimum absolute atomic E-state index is 0.114. The maximum Gasteiger partial charge on any atom is 0.330 e. The topological polar surface area (TPSA) is 77.5 Å². The van der Waals surface area contributed by atoms with Crippen LogP contribution in [0.1, 0.15) is 32.6 Å². The number of pyridine rings is 1. The van der Waals surface area contributed by atoms with E-state index in [2.05, 4.69) is 44.1 Å².